The highest BCUT2D eigenvalue weighted by molar-refractivity contribution is 5.60. The zero-order valence-corrected chi connectivity index (χ0v) is 16.0. The minimum absolute atomic E-state index is 0.0813. The maximum absolute atomic E-state index is 11.9. The molecule has 0 aliphatic heterocycles. The van der Waals surface area contributed by atoms with Crippen LogP contribution in [0.1, 0.15) is 52.5 Å². The highest BCUT2D eigenvalue weighted by Crippen LogP contribution is 2.18. The molecule has 4 nitrogen and oxygen atoms in total. The minimum atomic E-state index is -0.619. The van der Waals surface area contributed by atoms with E-state index in [1.807, 2.05) is 45.9 Å². The largest absolute Gasteiger partial charge is 0.509 e. The highest BCUT2D eigenvalue weighted by atomic mass is 16.7. The summed E-state index contributed by atoms with van der Waals surface area (Å²) in [6.45, 7) is 12.6. The quantitative estimate of drug-likeness (QED) is 0.317. The van der Waals surface area contributed by atoms with Crippen molar-refractivity contribution in [3.8, 4) is 0 Å². The summed E-state index contributed by atoms with van der Waals surface area (Å²) in [6, 6.07) is 10.1. The highest BCUT2D eigenvalue weighted by Gasteiger charge is 2.23. The van der Waals surface area contributed by atoms with Gasteiger partial charge in [0.15, 0.2) is 0 Å². The van der Waals surface area contributed by atoms with E-state index in [9.17, 15) is 4.79 Å². The van der Waals surface area contributed by atoms with Crippen LogP contribution in [0.5, 0.6) is 0 Å². The molecule has 0 bridgehead atoms. The number of carbonyl (C=O) groups is 1. The van der Waals surface area contributed by atoms with Crippen LogP contribution in [0.25, 0.3) is 0 Å². The molecule has 4 heteroatoms. The van der Waals surface area contributed by atoms with E-state index in [2.05, 4.69) is 18.7 Å². The number of hydrogen-bond acceptors (Lipinski definition) is 4. The van der Waals surface area contributed by atoms with Gasteiger partial charge in [-0.15, -0.1) is 6.58 Å². The van der Waals surface area contributed by atoms with Crippen LogP contribution in [0.15, 0.2) is 43.0 Å². The lowest BCUT2D eigenvalue weighted by molar-refractivity contribution is -0.0362. The number of rotatable bonds is 10. The molecule has 0 saturated heterocycles. The fraction of sp³-hybridized carbons (Fsp3) is 0.571. The SMILES string of the molecule is C=C[C@@H](C)[C@@H](CCCCOCc1ccccc1)OC(=O)OC(C)(C)C. The van der Waals surface area contributed by atoms with Crippen LogP contribution in [0, 0.1) is 5.92 Å². The first-order valence-electron chi connectivity index (χ1n) is 8.95. The molecule has 0 saturated carbocycles. The standard InChI is InChI=1S/C21H32O4/c1-6-17(2)19(24-20(22)25-21(3,4)5)14-10-11-15-23-16-18-12-8-7-9-13-18/h6-9,12-13,17,19H,1,10-11,14-16H2,2-5H3/t17-,19-/m1/s1. The second-order valence-corrected chi connectivity index (χ2v) is 7.25. The van der Waals surface area contributed by atoms with E-state index in [4.69, 9.17) is 14.2 Å². The number of benzene rings is 1. The number of carbonyl (C=O) groups excluding carboxylic acids is 1. The van der Waals surface area contributed by atoms with Gasteiger partial charge in [0, 0.05) is 12.5 Å². The summed E-state index contributed by atoms with van der Waals surface area (Å²) in [6.07, 6.45) is 3.57. The fourth-order valence-corrected chi connectivity index (χ4v) is 2.29. The van der Waals surface area contributed by atoms with Crippen LogP contribution in [0.2, 0.25) is 0 Å². The van der Waals surface area contributed by atoms with Gasteiger partial charge in [0.1, 0.15) is 11.7 Å². The van der Waals surface area contributed by atoms with Gasteiger partial charge in [0.25, 0.3) is 0 Å². The Morgan fingerprint density at radius 3 is 2.48 bits per heavy atom. The van der Waals surface area contributed by atoms with Crippen molar-refractivity contribution >= 4 is 6.16 Å². The molecule has 0 N–H and O–H groups in total. The summed E-state index contributed by atoms with van der Waals surface area (Å²) in [5.41, 5.74) is 0.624. The molecule has 0 aromatic heterocycles. The average molecular weight is 348 g/mol. The number of ether oxygens (including phenoxy) is 3. The zero-order chi connectivity index (χ0) is 18.7. The first kappa shape index (κ1) is 21.2. The second-order valence-electron chi connectivity index (χ2n) is 7.25. The van der Waals surface area contributed by atoms with Crippen LogP contribution >= 0.6 is 0 Å². The van der Waals surface area contributed by atoms with Gasteiger partial charge in [0.05, 0.1) is 6.61 Å². The third-order valence-corrected chi connectivity index (χ3v) is 3.73. The van der Waals surface area contributed by atoms with Gasteiger partial charge in [-0.05, 0) is 45.6 Å². The third-order valence-electron chi connectivity index (χ3n) is 3.73. The fourth-order valence-electron chi connectivity index (χ4n) is 2.29. The molecule has 140 valence electrons. The van der Waals surface area contributed by atoms with E-state index in [0.717, 1.165) is 19.3 Å². The van der Waals surface area contributed by atoms with Crippen molar-refractivity contribution in [2.24, 2.45) is 5.92 Å². The van der Waals surface area contributed by atoms with E-state index in [1.54, 1.807) is 6.08 Å². The van der Waals surface area contributed by atoms with Gasteiger partial charge in [-0.3, -0.25) is 0 Å². The lowest BCUT2D eigenvalue weighted by Gasteiger charge is -2.25. The van der Waals surface area contributed by atoms with Crippen LogP contribution < -0.4 is 0 Å². The maximum Gasteiger partial charge on any atom is 0.509 e. The third kappa shape index (κ3) is 9.92. The van der Waals surface area contributed by atoms with E-state index < -0.39 is 11.8 Å². The van der Waals surface area contributed by atoms with Crippen molar-refractivity contribution in [3.05, 3.63) is 48.6 Å². The molecule has 0 heterocycles. The Morgan fingerprint density at radius 1 is 1.20 bits per heavy atom. The van der Waals surface area contributed by atoms with Crippen molar-refractivity contribution in [1.82, 2.24) is 0 Å². The Labute approximate surface area is 152 Å². The first-order chi connectivity index (χ1) is 11.8. The molecule has 0 spiro atoms. The summed E-state index contributed by atoms with van der Waals surface area (Å²) in [5.74, 6) is 0.0813. The van der Waals surface area contributed by atoms with Crippen molar-refractivity contribution in [2.45, 2.75) is 65.3 Å². The molecule has 1 aromatic rings. The average Bonchev–Trinajstić information content (AvgIpc) is 2.55. The van der Waals surface area contributed by atoms with Crippen molar-refractivity contribution in [2.75, 3.05) is 6.61 Å². The normalized spacial score (nSPS) is 13.8. The predicted octanol–water partition coefficient (Wildman–Crippen LogP) is 5.52. The van der Waals surface area contributed by atoms with Gasteiger partial charge in [0.2, 0.25) is 0 Å². The summed E-state index contributed by atoms with van der Waals surface area (Å²) >= 11 is 0. The van der Waals surface area contributed by atoms with Crippen LogP contribution in [0.3, 0.4) is 0 Å². The molecular formula is C21H32O4. The molecule has 1 aromatic carbocycles. The molecule has 0 radical (unpaired) electrons. The van der Waals surface area contributed by atoms with E-state index in [0.29, 0.717) is 13.2 Å². The van der Waals surface area contributed by atoms with E-state index in [1.165, 1.54) is 5.56 Å². The molecule has 0 aliphatic rings. The van der Waals surface area contributed by atoms with Gasteiger partial charge in [-0.2, -0.15) is 0 Å². The Hall–Kier alpha value is -1.81. The molecule has 25 heavy (non-hydrogen) atoms. The van der Waals surface area contributed by atoms with Crippen molar-refractivity contribution in [3.63, 3.8) is 0 Å². The molecule has 0 aliphatic carbocycles. The Kier molecular flexibility index (Phi) is 9.28. The number of unbranched alkanes of at least 4 members (excludes halogenated alkanes) is 1. The zero-order valence-electron chi connectivity index (χ0n) is 16.0. The van der Waals surface area contributed by atoms with Gasteiger partial charge in [-0.25, -0.2) is 4.79 Å². The number of hydrogen-bond donors (Lipinski definition) is 0. The first-order valence-corrected chi connectivity index (χ1v) is 8.95. The Morgan fingerprint density at radius 2 is 1.88 bits per heavy atom. The Bertz CT molecular complexity index is 504. The topological polar surface area (TPSA) is 44.8 Å². The van der Waals surface area contributed by atoms with Gasteiger partial charge >= 0.3 is 6.16 Å². The smallest absolute Gasteiger partial charge is 0.430 e. The monoisotopic (exact) mass is 348 g/mol. The Balaban J connectivity index is 2.28. The molecular weight excluding hydrogens is 316 g/mol. The summed E-state index contributed by atoms with van der Waals surface area (Å²) in [4.78, 5) is 11.9. The van der Waals surface area contributed by atoms with Crippen molar-refractivity contribution in [1.29, 1.82) is 0 Å². The molecule has 0 amide bonds. The lowest BCUT2D eigenvalue weighted by Crippen LogP contribution is -2.30. The van der Waals surface area contributed by atoms with Gasteiger partial charge < -0.3 is 14.2 Å². The lowest BCUT2D eigenvalue weighted by atomic mass is 9.99. The molecule has 0 fully saturated rings. The van der Waals surface area contributed by atoms with E-state index >= 15 is 0 Å². The van der Waals surface area contributed by atoms with Gasteiger partial charge in [-0.1, -0.05) is 43.3 Å². The van der Waals surface area contributed by atoms with Crippen LogP contribution in [-0.2, 0) is 20.8 Å². The molecule has 1 rings (SSSR count). The second kappa shape index (κ2) is 10.9. The molecule has 0 unspecified atom stereocenters. The van der Waals surface area contributed by atoms with Crippen LogP contribution in [-0.4, -0.2) is 24.5 Å². The summed E-state index contributed by atoms with van der Waals surface area (Å²) < 4.78 is 16.4. The predicted molar refractivity (Wildman–Crippen MR) is 100 cm³/mol. The van der Waals surface area contributed by atoms with E-state index in [-0.39, 0.29) is 12.0 Å². The van der Waals surface area contributed by atoms with Crippen LogP contribution in [0.4, 0.5) is 4.79 Å². The summed E-state index contributed by atoms with van der Waals surface area (Å²) in [5, 5.41) is 0. The maximum atomic E-state index is 11.9. The molecule has 2 atom stereocenters. The minimum Gasteiger partial charge on any atom is -0.430 e. The van der Waals surface area contributed by atoms with Crippen molar-refractivity contribution < 1.29 is 19.0 Å². The summed E-state index contributed by atoms with van der Waals surface area (Å²) in [7, 11) is 0.